The number of rotatable bonds is 20. The number of nitrogens with one attached hydrogen (secondary N) is 3. The Morgan fingerprint density at radius 1 is 0.909 bits per heavy atom. The first-order valence-corrected chi connectivity index (χ1v) is 21.9. The molecule has 2 aromatic heterocycles. The van der Waals surface area contributed by atoms with Crippen molar-refractivity contribution in [3.05, 3.63) is 101 Å². The van der Waals surface area contributed by atoms with Gasteiger partial charge in [-0.2, -0.15) is 13.2 Å². The lowest BCUT2D eigenvalue weighted by Crippen LogP contribution is -2.52. The van der Waals surface area contributed by atoms with Crippen LogP contribution in [0.4, 0.5) is 24.5 Å². The van der Waals surface area contributed by atoms with E-state index in [-0.39, 0.29) is 62.7 Å². The Hall–Kier alpha value is -6.44. The molecule has 7 rings (SSSR count). The van der Waals surface area contributed by atoms with Crippen molar-refractivity contribution < 1.29 is 56.1 Å². The summed E-state index contributed by atoms with van der Waals surface area (Å²) in [7, 11) is 0. The first-order valence-electron chi connectivity index (χ1n) is 21.9. The molecular formula is C47H52F3N7O9. The average Bonchev–Trinajstić information content (AvgIpc) is 3.65. The smallest absolute Gasteiger partial charge is 0.416 e. The minimum atomic E-state index is -4.58. The molecule has 4 aromatic rings. The first kappa shape index (κ1) is 47.5. The number of alkyl halides is 3. The van der Waals surface area contributed by atoms with E-state index in [1.165, 1.54) is 18.3 Å². The molecule has 0 radical (unpaired) electrons. The van der Waals surface area contributed by atoms with E-state index in [9.17, 15) is 37.1 Å². The van der Waals surface area contributed by atoms with Gasteiger partial charge < -0.3 is 39.4 Å². The molecule has 5 heterocycles. The van der Waals surface area contributed by atoms with Gasteiger partial charge in [-0.3, -0.25) is 34.3 Å². The van der Waals surface area contributed by atoms with Crippen molar-refractivity contribution in [2.75, 3.05) is 76.1 Å². The van der Waals surface area contributed by atoms with E-state index in [2.05, 4.69) is 30.8 Å². The second-order valence-corrected chi connectivity index (χ2v) is 16.1. The monoisotopic (exact) mass is 915 g/mol. The Balaban J connectivity index is 0.800. The van der Waals surface area contributed by atoms with Gasteiger partial charge in [0.15, 0.2) is 0 Å². The van der Waals surface area contributed by atoms with Gasteiger partial charge in [0.05, 0.1) is 50.5 Å². The van der Waals surface area contributed by atoms with Gasteiger partial charge in [0.25, 0.3) is 11.8 Å². The van der Waals surface area contributed by atoms with E-state index in [4.69, 9.17) is 18.9 Å². The molecule has 0 aliphatic carbocycles. The summed E-state index contributed by atoms with van der Waals surface area (Å²) in [5.74, 6) is -1.48. The Morgan fingerprint density at radius 2 is 1.70 bits per heavy atom. The molecule has 1 unspecified atom stereocenters. The highest BCUT2D eigenvalue weighted by atomic mass is 19.4. The first-order chi connectivity index (χ1) is 31.9. The fourth-order valence-corrected chi connectivity index (χ4v) is 8.03. The molecule has 2 aromatic carbocycles. The number of anilines is 2. The van der Waals surface area contributed by atoms with E-state index >= 15 is 0 Å². The van der Waals surface area contributed by atoms with Crippen LogP contribution < -0.4 is 25.6 Å². The van der Waals surface area contributed by atoms with Gasteiger partial charge >= 0.3 is 6.18 Å². The molecule has 3 aliphatic rings. The molecule has 3 aliphatic heterocycles. The summed E-state index contributed by atoms with van der Waals surface area (Å²) < 4.78 is 62.5. The molecule has 5 amide bonds. The van der Waals surface area contributed by atoms with Crippen LogP contribution in [0.5, 0.6) is 5.88 Å². The predicted molar refractivity (Wildman–Crippen MR) is 235 cm³/mol. The Labute approximate surface area is 379 Å². The number of hydrogen-bond donors (Lipinski definition) is 3. The average molecular weight is 916 g/mol. The molecule has 350 valence electrons. The number of fused-ring (bicyclic) bond motifs is 1. The summed E-state index contributed by atoms with van der Waals surface area (Å²) in [5, 5.41) is 7.86. The molecule has 1 atom stereocenters. The summed E-state index contributed by atoms with van der Waals surface area (Å²) in [6.07, 6.45) is 2.27. The maximum atomic E-state index is 13.2. The summed E-state index contributed by atoms with van der Waals surface area (Å²) in [6.45, 7) is 5.64. The highest BCUT2D eigenvalue weighted by molar-refractivity contribution is 6.06. The SMILES string of the molecule is Cc1ncc(NC(=O)c2cccc(C(F)(F)F)c2)cc1-c1cnc(OCCOCCOCC(=O)NCCCCCc2cccc3c2CN(C2CCC(=O)NC2=O)C3=O)c(N2CCOCC2)c1. The third-order valence-electron chi connectivity index (χ3n) is 11.5. The van der Waals surface area contributed by atoms with Crippen LogP contribution in [0, 0.1) is 6.92 Å². The van der Waals surface area contributed by atoms with Crippen molar-refractivity contribution in [1.82, 2.24) is 25.5 Å². The number of carbonyl (C=O) groups excluding carboxylic acids is 5. The summed E-state index contributed by atoms with van der Waals surface area (Å²) >= 11 is 0. The molecule has 66 heavy (non-hydrogen) atoms. The van der Waals surface area contributed by atoms with Crippen LogP contribution in [0.25, 0.3) is 11.1 Å². The van der Waals surface area contributed by atoms with E-state index in [0.717, 1.165) is 54.6 Å². The maximum absolute atomic E-state index is 13.2. The standard InChI is InChI=1S/C47H52F3N7O9/c1-30-37(25-35(27-52-30)54-43(60)32-9-5-10-34(23-32)47(48,49)50)33-24-40(56-15-17-63-18-16-56)45(53-26-33)66-22-21-64-19-20-65-29-42(59)51-14-4-2-3-7-31-8-6-11-36-38(31)28-57(46(36)62)39-12-13-41(58)55-44(39)61/h5-6,8-11,23-27,39H,2-4,7,12-22,28-29H2,1H3,(H,51,59)(H,54,60)(H,55,58,61). The topological polar surface area (TPSA) is 191 Å². The number of nitrogens with zero attached hydrogens (tertiary/aromatic N) is 4. The van der Waals surface area contributed by atoms with Gasteiger partial charge in [-0.25, -0.2) is 4.98 Å². The lowest BCUT2D eigenvalue weighted by Gasteiger charge is -2.30. The van der Waals surface area contributed by atoms with Crippen LogP contribution in [0.1, 0.15) is 75.2 Å². The molecule has 0 bridgehead atoms. The second-order valence-electron chi connectivity index (χ2n) is 16.1. The van der Waals surface area contributed by atoms with Crippen molar-refractivity contribution in [1.29, 1.82) is 0 Å². The zero-order valence-corrected chi connectivity index (χ0v) is 36.5. The van der Waals surface area contributed by atoms with Gasteiger partial charge in [0.2, 0.25) is 23.6 Å². The van der Waals surface area contributed by atoms with Gasteiger partial charge in [-0.05, 0) is 80.1 Å². The number of amides is 5. The van der Waals surface area contributed by atoms with E-state index < -0.39 is 29.6 Å². The Kier molecular flexibility index (Phi) is 16.0. The number of halogens is 3. The lowest BCUT2D eigenvalue weighted by atomic mass is 9.98. The van der Waals surface area contributed by atoms with Crippen molar-refractivity contribution >= 4 is 40.9 Å². The van der Waals surface area contributed by atoms with Crippen molar-refractivity contribution in [3.63, 3.8) is 0 Å². The molecule has 0 spiro atoms. The molecule has 19 heteroatoms. The number of piperidine rings is 1. The maximum Gasteiger partial charge on any atom is 0.416 e. The van der Waals surface area contributed by atoms with Crippen molar-refractivity contribution in [2.45, 2.75) is 64.2 Å². The molecule has 2 fully saturated rings. The Morgan fingerprint density at radius 3 is 2.50 bits per heavy atom. The normalized spacial score (nSPS) is 16.2. The number of aryl methyl sites for hydroxylation is 2. The lowest BCUT2D eigenvalue weighted by molar-refractivity contribution is -0.138. The zero-order valence-electron chi connectivity index (χ0n) is 36.5. The van der Waals surface area contributed by atoms with Crippen molar-refractivity contribution in [2.24, 2.45) is 0 Å². The van der Waals surface area contributed by atoms with Crippen LogP contribution >= 0.6 is 0 Å². The van der Waals surface area contributed by atoms with Crippen molar-refractivity contribution in [3.8, 4) is 17.0 Å². The van der Waals surface area contributed by atoms with Crippen LogP contribution in [-0.4, -0.2) is 116 Å². The number of pyridine rings is 2. The van der Waals surface area contributed by atoms with E-state index in [0.29, 0.717) is 79.8 Å². The minimum Gasteiger partial charge on any atom is -0.474 e. The molecule has 3 N–H and O–H groups in total. The number of imide groups is 1. The quantitative estimate of drug-likeness (QED) is 0.0772. The number of aromatic nitrogens is 2. The molecule has 2 saturated heterocycles. The number of benzene rings is 2. The molecule has 0 saturated carbocycles. The highest BCUT2D eigenvalue weighted by Gasteiger charge is 2.39. The molecule has 16 nitrogen and oxygen atoms in total. The number of unbranched alkanes of at least 4 members (excludes halogenated alkanes) is 2. The van der Waals surface area contributed by atoms with Gasteiger partial charge in [-0.1, -0.05) is 24.6 Å². The van der Waals surface area contributed by atoms with Crippen LogP contribution in [0.3, 0.4) is 0 Å². The zero-order chi connectivity index (χ0) is 46.6. The van der Waals surface area contributed by atoms with E-state index in [1.54, 1.807) is 30.2 Å². The summed E-state index contributed by atoms with van der Waals surface area (Å²) in [4.78, 5) is 75.1. The third-order valence-corrected chi connectivity index (χ3v) is 11.5. The number of morpholine rings is 1. The summed E-state index contributed by atoms with van der Waals surface area (Å²) in [6, 6.07) is 12.8. The number of ether oxygens (including phenoxy) is 4. The van der Waals surface area contributed by atoms with Crippen LogP contribution in [0.15, 0.2) is 67.0 Å². The molecular weight excluding hydrogens is 864 g/mol. The fourth-order valence-electron chi connectivity index (χ4n) is 8.03. The fraction of sp³-hybridized carbons (Fsp3) is 0.426. The second kappa shape index (κ2) is 22.2. The predicted octanol–water partition coefficient (Wildman–Crippen LogP) is 5.26. The highest BCUT2D eigenvalue weighted by Crippen LogP contribution is 2.35. The minimum absolute atomic E-state index is 0.104. The number of carbonyl (C=O) groups is 5. The Bertz CT molecular complexity index is 2410. The number of hydrogen-bond acceptors (Lipinski definition) is 12. The van der Waals surface area contributed by atoms with Crippen LogP contribution in [-0.2, 0) is 47.7 Å². The largest absolute Gasteiger partial charge is 0.474 e. The third kappa shape index (κ3) is 12.3. The van der Waals surface area contributed by atoms with Gasteiger partial charge in [0, 0.05) is 66.7 Å². The van der Waals surface area contributed by atoms with Gasteiger partial charge in [0.1, 0.15) is 24.9 Å². The summed E-state index contributed by atoms with van der Waals surface area (Å²) in [5.41, 5.74) is 4.55. The van der Waals surface area contributed by atoms with Crippen LogP contribution in [0.2, 0.25) is 0 Å². The van der Waals surface area contributed by atoms with E-state index in [1.807, 2.05) is 18.2 Å². The van der Waals surface area contributed by atoms with Gasteiger partial charge in [-0.15, -0.1) is 0 Å².